The molecule has 1 amide bonds. The maximum absolute atomic E-state index is 14.7. The molecule has 1 aromatic rings. The van der Waals surface area contributed by atoms with Gasteiger partial charge in [0.25, 0.3) is 0 Å². The minimum atomic E-state index is -1.48. The Balaban J connectivity index is 1.82. The molecule has 30 heavy (non-hydrogen) atoms. The number of aliphatic hydroxyl groups excluding tert-OH is 1. The first-order chi connectivity index (χ1) is 14.2. The van der Waals surface area contributed by atoms with Gasteiger partial charge < -0.3 is 20.5 Å². The first-order valence-corrected chi connectivity index (χ1v) is 8.98. The lowest BCUT2D eigenvalue weighted by Crippen LogP contribution is -2.29. The standard InChI is InChI=1S/C19H19F3N4O4/c1-10(27)6-15(23)24-8-12-9-26(19(29)30-12)14-7-13(20)18(17(22)16(14)21)25-4-2-11(28)3-5-25/h2,4,6-7,12,27H,3,5,8-9H2,1H3,(H2,23,24)/b10-6-/t12-/m0/s1. The van der Waals surface area contributed by atoms with Crippen molar-refractivity contribution in [3.63, 3.8) is 0 Å². The van der Waals surface area contributed by atoms with Crippen molar-refractivity contribution < 1.29 is 32.6 Å². The van der Waals surface area contributed by atoms with E-state index in [1.165, 1.54) is 19.2 Å². The summed E-state index contributed by atoms with van der Waals surface area (Å²) < 4.78 is 49.0. The zero-order valence-corrected chi connectivity index (χ0v) is 15.9. The molecule has 0 bridgehead atoms. The molecule has 160 valence electrons. The number of amides is 1. The van der Waals surface area contributed by atoms with Crippen LogP contribution in [0.4, 0.5) is 29.3 Å². The van der Waals surface area contributed by atoms with Crippen molar-refractivity contribution in [1.29, 1.82) is 0 Å². The van der Waals surface area contributed by atoms with Crippen LogP contribution in [-0.4, -0.2) is 48.6 Å². The molecule has 1 fully saturated rings. The van der Waals surface area contributed by atoms with E-state index in [0.29, 0.717) is 6.07 Å². The summed E-state index contributed by atoms with van der Waals surface area (Å²) >= 11 is 0. The Morgan fingerprint density at radius 3 is 2.73 bits per heavy atom. The van der Waals surface area contributed by atoms with Gasteiger partial charge in [0.1, 0.15) is 17.6 Å². The summed E-state index contributed by atoms with van der Waals surface area (Å²) in [6.07, 6.45) is 1.74. The Kier molecular flexibility index (Phi) is 5.99. The molecule has 3 rings (SSSR count). The number of ketones is 1. The van der Waals surface area contributed by atoms with Crippen LogP contribution >= 0.6 is 0 Å². The van der Waals surface area contributed by atoms with Crippen LogP contribution < -0.4 is 15.5 Å². The molecule has 0 radical (unpaired) electrons. The number of hydrogen-bond donors (Lipinski definition) is 2. The number of carbonyl (C=O) groups excluding carboxylic acids is 2. The van der Waals surface area contributed by atoms with Crippen molar-refractivity contribution in [2.24, 2.45) is 10.7 Å². The molecule has 1 saturated heterocycles. The van der Waals surface area contributed by atoms with Crippen molar-refractivity contribution in [1.82, 2.24) is 0 Å². The normalized spacial score (nSPS) is 20.2. The fourth-order valence-corrected chi connectivity index (χ4v) is 3.06. The topological polar surface area (TPSA) is 108 Å². The number of amidine groups is 1. The summed E-state index contributed by atoms with van der Waals surface area (Å²) in [5, 5.41) is 9.13. The number of carbonyl (C=O) groups is 2. The number of allylic oxidation sites excluding steroid dienone is 2. The fraction of sp³-hybridized carbons (Fsp3) is 0.316. The van der Waals surface area contributed by atoms with E-state index in [1.54, 1.807) is 0 Å². The second kappa shape index (κ2) is 8.47. The summed E-state index contributed by atoms with van der Waals surface area (Å²) in [6.45, 7) is 1.10. The van der Waals surface area contributed by atoms with E-state index in [0.717, 1.165) is 15.9 Å². The summed E-state index contributed by atoms with van der Waals surface area (Å²) in [6, 6.07) is 0.705. The number of aliphatic hydroxyl groups is 1. The molecule has 8 nitrogen and oxygen atoms in total. The third-order valence-corrected chi connectivity index (χ3v) is 4.44. The molecule has 1 aromatic carbocycles. The second-order valence-electron chi connectivity index (χ2n) is 6.75. The summed E-state index contributed by atoms with van der Waals surface area (Å²) in [7, 11) is 0. The van der Waals surface area contributed by atoms with Crippen molar-refractivity contribution in [2.45, 2.75) is 19.4 Å². The number of nitrogens with two attached hydrogens (primary N) is 1. The SMILES string of the molecule is C/C(O)=C/C(N)=NC[C@H]1CN(c2cc(F)c(N3C=CC(=O)CC3)c(F)c2F)C(=O)O1. The molecular formula is C19H19F3N4O4. The third kappa shape index (κ3) is 4.39. The molecule has 0 unspecified atom stereocenters. The number of hydrogen-bond acceptors (Lipinski definition) is 6. The van der Waals surface area contributed by atoms with Crippen molar-refractivity contribution in [2.75, 3.05) is 29.4 Å². The van der Waals surface area contributed by atoms with Gasteiger partial charge >= 0.3 is 6.09 Å². The van der Waals surface area contributed by atoms with Crippen LogP contribution in [0.3, 0.4) is 0 Å². The van der Waals surface area contributed by atoms with Crippen molar-refractivity contribution in [3.05, 3.63) is 47.6 Å². The highest BCUT2D eigenvalue weighted by molar-refractivity contribution is 5.93. The highest BCUT2D eigenvalue weighted by Crippen LogP contribution is 2.35. The van der Waals surface area contributed by atoms with Crippen LogP contribution in [-0.2, 0) is 9.53 Å². The van der Waals surface area contributed by atoms with Gasteiger partial charge in [-0.2, -0.15) is 0 Å². The minimum absolute atomic E-state index is 0.00300. The summed E-state index contributed by atoms with van der Waals surface area (Å²) in [4.78, 5) is 29.1. The Morgan fingerprint density at radius 2 is 2.10 bits per heavy atom. The Labute approximate surface area is 169 Å². The van der Waals surface area contributed by atoms with Gasteiger partial charge in [0, 0.05) is 31.3 Å². The van der Waals surface area contributed by atoms with Crippen LogP contribution in [0.15, 0.2) is 35.2 Å². The first-order valence-electron chi connectivity index (χ1n) is 8.98. The molecule has 0 saturated carbocycles. The smallest absolute Gasteiger partial charge is 0.414 e. The van der Waals surface area contributed by atoms with E-state index in [1.807, 2.05) is 0 Å². The lowest BCUT2D eigenvalue weighted by atomic mass is 10.1. The number of benzene rings is 1. The maximum Gasteiger partial charge on any atom is 0.414 e. The molecule has 0 aliphatic carbocycles. The molecule has 1 atom stereocenters. The number of aliphatic imine (C=N–C) groups is 1. The fourth-order valence-electron chi connectivity index (χ4n) is 3.06. The number of cyclic esters (lactones) is 1. The lowest BCUT2D eigenvalue weighted by molar-refractivity contribution is -0.114. The van der Waals surface area contributed by atoms with Gasteiger partial charge in [0.2, 0.25) is 0 Å². The molecule has 11 heteroatoms. The highest BCUT2D eigenvalue weighted by atomic mass is 19.2. The van der Waals surface area contributed by atoms with Crippen LogP contribution in [0.25, 0.3) is 0 Å². The van der Waals surface area contributed by atoms with Gasteiger partial charge in [0.15, 0.2) is 23.2 Å². The van der Waals surface area contributed by atoms with Crippen molar-refractivity contribution >= 4 is 29.1 Å². The molecule has 0 spiro atoms. The van der Waals surface area contributed by atoms with Crippen molar-refractivity contribution in [3.8, 4) is 0 Å². The zero-order valence-electron chi connectivity index (χ0n) is 15.9. The first kappa shape index (κ1) is 21.2. The predicted octanol–water partition coefficient (Wildman–Crippen LogP) is 2.54. The van der Waals surface area contributed by atoms with E-state index in [9.17, 15) is 22.8 Å². The van der Waals surface area contributed by atoms with Crippen LogP contribution in [0.1, 0.15) is 13.3 Å². The average Bonchev–Trinajstić information content (AvgIpc) is 3.04. The van der Waals surface area contributed by atoms with Gasteiger partial charge in [-0.1, -0.05) is 0 Å². The third-order valence-electron chi connectivity index (χ3n) is 4.44. The molecule has 2 heterocycles. The maximum atomic E-state index is 14.7. The monoisotopic (exact) mass is 424 g/mol. The van der Waals surface area contributed by atoms with Gasteiger partial charge in [-0.25, -0.2) is 18.0 Å². The van der Waals surface area contributed by atoms with Gasteiger partial charge in [-0.3, -0.25) is 14.7 Å². The predicted molar refractivity (Wildman–Crippen MR) is 103 cm³/mol. The van der Waals surface area contributed by atoms with Crippen LogP contribution in [0, 0.1) is 17.5 Å². The number of ether oxygens (including phenoxy) is 1. The lowest BCUT2D eigenvalue weighted by Gasteiger charge is -2.25. The quantitative estimate of drug-likeness (QED) is 0.326. The molecule has 3 N–H and O–H groups in total. The Morgan fingerprint density at radius 1 is 1.37 bits per heavy atom. The van der Waals surface area contributed by atoms with E-state index < -0.39 is 41.0 Å². The summed E-state index contributed by atoms with van der Waals surface area (Å²) in [5.74, 6) is -4.28. The van der Waals surface area contributed by atoms with E-state index in [2.05, 4.69) is 4.99 Å². The Bertz CT molecular complexity index is 973. The van der Waals surface area contributed by atoms with E-state index in [4.69, 9.17) is 15.6 Å². The molecular weight excluding hydrogens is 405 g/mol. The molecule has 2 aliphatic rings. The van der Waals surface area contributed by atoms with Crippen LogP contribution in [0.2, 0.25) is 0 Å². The number of anilines is 2. The van der Waals surface area contributed by atoms with Crippen LogP contribution in [0.5, 0.6) is 0 Å². The van der Waals surface area contributed by atoms with Gasteiger partial charge in [-0.05, 0) is 13.0 Å². The highest BCUT2D eigenvalue weighted by Gasteiger charge is 2.36. The molecule has 2 aliphatic heterocycles. The van der Waals surface area contributed by atoms with Gasteiger partial charge in [-0.15, -0.1) is 0 Å². The summed E-state index contributed by atoms with van der Waals surface area (Å²) in [5.41, 5.74) is 4.31. The van der Waals surface area contributed by atoms with E-state index in [-0.39, 0.29) is 43.4 Å². The number of nitrogens with zero attached hydrogens (tertiary/aromatic N) is 3. The average molecular weight is 424 g/mol. The molecule has 0 aromatic heterocycles. The zero-order chi connectivity index (χ0) is 22.0. The number of rotatable bonds is 5. The Hall–Kier alpha value is -3.50. The largest absolute Gasteiger partial charge is 0.512 e. The number of halogens is 3. The second-order valence-corrected chi connectivity index (χ2v) is 6.75. The minimum Gasteiger partial charge on any atom is -0.512 e. The van der Waals surface area contributed by atoms with E-state index >= 15 is 0 Å². The van der Waals surface area contributed by atoms with Gasteiger partial charge in [0.05, 0.1) is 24.5 Å².